The predicted octanol–water partition coefficient (Wildman–Crippen LogP) is 2.63. The second kappa shape index (κ2) is 8.25. The van der Waals surface area contributed by atoms with E-state index >= 15 is 0 Å². The first-order valence-electron chi connectivity index (χ1n) is 10.3. The third kappa shape index (κ3) is 4.24. The number of nitrogens with one attached hydrogen (secondary N) is 1. The van der Waals surface area contributed by atoms with Gasteiger partial charge in [0.25, 0.3) is 0 Å². The highest BCUT2D eigenvalue weighted by atomic mass is 16.1. The SMILES string of the molecule is CCC(=O)NCc1cc2n(n1)CCN(Cc1cncn1C1CCCCC1)C2. The summed E-state index contributed by atoms with van der Waals surface area (Å²) in [6, 6.07) is 2.75. The molecule has 0 unspecified atom stereocenters. The van der Waals surface area contributed by atoms with Crippen LogP contribution in [0.5, 0.6) is 0 Å². The van der Waals surface area contributed by atoms with Crippen LogP contribution in [0.25, 0.3) is 0 Å². The molecule has 1 saturated carbocycles. The van der Waals surface area contributed by atoms with Gasteiger partial charge in [0.2, 0.25) is 5.91 Å². The molecule has 0 saturated heterocycles. The third-order valence-electron chi connectivity index (χ3n) is 5.82. The minimum atomic E-state index is 0.0681. The summed E-state index contributed by atoms with van der Waals surface area (Å²) in [4.78, 5) is 18.4. The van der Waals surface area contributed by atoms with Crippen LogP contribution >= 0.6 is 0 Å². The Morgan fingerprint density at radius 3 is 2.93 bits per heavy atom. The lowest BCUT2D eigenvalue weighted by Gasteiger charge is -2.30. The summed E-state index contributed by atoms with van der Waals surface area (Å²) in [7, 11) is 0. The van der Waals surface area contributed by atoms with Crippen LogP contribution in [0, 0.1) is 0 Å². The Labute approximate surface area is 160 Å². The van der Waals surface area contributed by atoms with Gasteiger partial charge in [-0.25, -0.2) is 4.98 Å². The molecule has 1 fully saturated rings. The number of hydrogen-bond donors (Lipinski definition) is 1. The molecular formula is C20H30N6O. The molecule has 3 heterocycles. The van der Waals surface area contributed by atoms with Crippen LogP contribution < -0.4 is 5.32 Å². The van der Waals surface area contributed by atoms with E-state index in [4.69, 9.17) is 0 Å². The molecule has 146 valence electrons. The average molecular weight is 371 g/mol. The molecule has 1 amide bonds. The molecule has 1 aliphatic carbocycles. The summed E-state index contributed by atoms with van der Waals surface area (Å²) < 4.78 is 4.50. The maximum Gasteiger partial charge on any atom is 0.220 e. The Morgan fingerprint density at radius 2 is 2.11 bits per heavy atom. The van der Waals surface area contributed by atoms with Crippen LogP contribution in [0.1, 0.15) is 68.6 Å². The topological polar surface area (TPSA) is 68.0 Å². The summed E-state index contributed by atoms with van der Waals surface area (Å²) >= 11 is 0. The standard InChI is InChI=1S/C20H30N6O/c1-2-20(27)22-11-16-10-18-13-24(8-9-26(18)23-16)14-19-12-21-15-25(19)17-6-4-3-5-7-17/h10,12,15,17H,2-9,11,13-14H2,1H3,(H,22,27). The molecule has 0 bridgehead atoms. The summed E-state index contributed by atoms with van der Waals surface area (Å²) in [6.45, 7) is 6.10. The summed E-state index contributed by atoms with van der Waals surface area (Å²) in [6.07, 6.45) is 11.2. The molecule has 1 aliphatic heterocycles. The van der Waals surface area contributed by atoms with E-state index in [-0.39, 0.29) is 5.91 Å². The van der Waals surface area contributed by atoms with Gasteiger partial charge < -0.3 is 9.88 Å². The molecule has 0 aromatic carbocycles. The van der Waals surface area contributed by atoms with Crippen molar-refractivity contribution in [3.63, 3.8) is 0 Å². The largest absolute Gasteiger partial charge is 0.350 e. The molecule has 2 aromatic rings. The fourth-order valence-corrected chi connectivity index (χ4v) is 4.29. The van der Waals surface area contributed by atoms with Gasteiger partial charge in [-0.15, -0.1) is 0 Å². The Kier molecular flexibility index (Phi) is 5.57. The highest BCUT2D eigenvalue weighted by molar-refractivity contribution is 5.75. The highest BCUT2D eigenvalue weighted by Crippen LogP contribution is 2.29. The van der Waals surface area contributed by atoms with Crippen LogP contribution in [-0.2, 0) is 31.0 Å². The Balaban J connectivity index is 1.38. The van der Waals surface area contributed by atoms with Gasteiger partial charge in [0.05, 0.1) is 36.5 Å². The van der Waals surface area contributed by atoms with Crippen molar-refractivity contribution in [3.05, 3.63) is 35.7 Å². The molecule has 7 nitrogen and oxygen atoms in total. The first kappa shape index (κ1) is 18.2. The van der Waals surface area contributed by atoms with E-state index in [0.29, 0.717) is 19.0 Å². The number of aromatic nitrogens is 4. The Morgan fingerprint density at radius 1 is 1.26 bits per heavy atom. The van der Waals surface area contributed by atoms with Gasteiger partial charge in [0.15, 0.2) is 0 Å². The summed E-state index contributed by atoms with van der Waals surface area (Å²) in [5.41, 5.74) is 3.50. The average Bonchev–Trinajstić information content (AvgIpc) is 3.33. The maximum atomic E-state index is 11.5. The van der Waals surface area contributed by atoms with Gasteiger partial charge >= 0.3 is 0 Å². The second-order valence-electron chi connectivity index (χ2n) is 7.78. The van der Waals surface area contributed by atoms with Crippen molar-refractivity contribution >= 4 is 5.91 Å². The molecule has 27 heavy (non-hydrogen) atoms. The lowest BCUT2D eigenvalue weighted by Crippen LogP contribution is -2.34. The van der Waals surface area contributed by atoms with Gasteiger partial charge in [-0.2, -0.15) is 5.10 Å². The van der Waals surface area contributed by atoms with Crippen LogP contribution in [0.4, 0.5) is 0 Å². The van der Waals surface area contributed by atoms with Gasteiger partial charge in [-0.05, 0) is 18.9 Å². The van der Waals surface area contributed by atoms with Crippen molar-refractivity contribution in [2.45, 2.75) is 77.7 Å². The minimum absolute atomic E-state index is 0.0681. The van der Waals surface area contributed by atoms with E-state index < -0.39 is 0 Å². The minimum Gasteiger partial charge on any atom is -0.350 e. The molecular weight excluding hydrogens is 340 g/mol. The third-order valence-corrected chi connectivity index (χ3v) is 5.82. The van der Waals surface area contributed by atoms with Gasteiger partial charge in [0.1, 0.15) is 0 Å². The second-order valence-corrected chi connectivity index (χ2v) is 7.78. The lowest BCUT2D eigenvalue weighted by molar-refractivity contribution is -0.120. The molecule has 7 heteroatoms. The first-order chi connectivity index (χ1) is 13.2. The fourth-order valence-electron chi connectivity index (χ4n) is 4.29. The van der Waals surface area contributed by atoms with Crippen molar-refractivity contribution in [3.8, 4) is 0 Å². The number of imidazole rings is 1. The summed E-state index contributed by atoms with van der Waals surface area (Å²) in [5, 5.41) is 7.55. The van der Waals surface area contributed by atoms with E-state index in [2.05, 4.69) is 35.6 Å². The van der Waals surface area contributed by atoms with E-state index in [1.54, 1.807) is 0 Å². The maximum absolute atomic E-state index is 11.5. The Bertz CT molecular complexity index is 773. The van der Waals surface area contributed by atoms with Gasteiger partial charge in [0, 0.05) is 38.3 Å². The Hall–Kier alpha value is -2.15. The quantitative estimate of drug-likeness (QED) is 0.849. The van der Waals surface area contributed by atoms with E-state index in [0.717, 1.165) is 31.9 Å². The molecule has 2 aromatic heterocycles. The number of nitrogens with zero attached hydrogens (tertiary/aromatic N) is 5. The van der Waals surface area contributed by atoms with Crippen molar-refractivity contribution < 1.29 is 4.79 Å². The zero-order valence-corrected chi connectivity index (χ0v) is 16.2. The number of fused-ring (bicyclic) bond motifs is 1. The van der Waals surface area contributed by atoms with E-state index in [1.165, 1.54) is 43.5 Å². The van der Waals surface area contributed by atoms with Gasteiger partial charge in [-0.1, -0.05) is 26.2 Å². The van der Waals surface area contributed by atoms with Crippen LogP contribution in [-0.4, -0.2) is 36.7 Å². The fraction of sp³-hybridized carbons (Fsp3) is 0.650. The number of rotatable bonds is 6. The normalized spacial score (nSPS) is 18.4. The van der Waals surface area contributed by atoms with E-state index in [1.807, 2.05) is 19.4 Å². The van der Waals surface area contributed by atoms with E-state index in [9.17, 15) is 4.79 Å². The van der Waals surface area contributed by atoms with Crippen molar-refractivity contribution in [2.24, 2.45) is 0 Å². The molecule has 0 spiro atoms. The lowest BCUT2D eigenvalue weighted by atomic mass is 9.95. The van der Waals surface area contributed by atoms with Crippen LogP contribution in [0.2, 0.25) is 0 Å². The number of carbonyl (C=O) groups is 1. The monoisotopic (exact) mass is 370 g/mol. The molecule has 2 aliphatic rings. The van der Waals surface area contributed by atoms with Crippen molar-refractivity contribution in [1.29, 1.82) is 0 Å². The smallest absolute Gasteiger partial charge is 0.220 e. The number of amides is 1. The molecule has 0 radical (unpaired) electrons. The van der Waals surface area contributed by atoms with Crippen molar-refractivity contribution in [1.82, 2.24) is 29.5 Å². The van der Waals surface area contributed by atoms with Crippen LogP contribution in [0.3, 0.4) is 0 Å². The zero-order chi connectivity index (χ0) is 18.6. The molecule has 1 N–H and O–H groups in total. The number of hydrogen-bond acceptors (Lipinski definition) is 4. The van der Waals surface area contributed by atoms with Gasteiger partial charge in [-0.3, -0.25) is 14.4 Å². The zero-order valence-electron chi connectivity index (χ0n) is 16.2. The molecule has 0 atom stereocenters. The highest BCUT2D eigenvalue weighted by Gasteiger charge is 2.22. The van der Waals surface area contributed by atoms with Crippen molar-refractivity contribution in [2.75, 3.05) is 6.54 Å². The summed E-state index contributed by atoms with van der Waals surface area (Å²) in [5.74, 6) is 0.0681. The molecule has 4 rings (SSSR count). The van der Waals surface area contributed by atoms with Crippen LogP contribution in [0.15, 0.2) is 18.6 Å². The number of carbonyl (C=O) groups excluding carboxylic acids is 1. The predicted molar refractivity (Wildman–Crippen MR) is 103 cm³/mol. The first-order valence-corrected chi connectivity index (χ1v) is 10.3.